The smallest absolute Gasteiger partial charge is 0.261 e. The first-order valence-corrected chi connectivity index (χ1v) is 14.5. The predicted octanol–water partition coefficient (Wildman–Crippen LogP) is 3.56. The number of nitrogens with zero attached hydrogens (tertiary/aromatic N) is 3. The highest BCUT2D eigenvalue weighted by atomic mass is 32.2. The van der Waals surface area contributed by atoms with Crippen molar-refractivity contribution in [3.05, 3.63) is 54.1 Å². The molecule has 0 spiro atoms. The zero-order valence-corrected chi connectivity index (χ0v) is 21.4. The van der Waals surface area contributed by atoms with E-state index in [1.807, 2.05) is 15.9 Å². The molecule has 2 saturated heterocycles. The Morgan fingerprint density at radius 1 is 0.778 bits per heavy atom. The van der Waals surface area contributed by atoms with Crippen LogP contribution in [-0.2, 0) is 14.8 Å². The molecule has 9 heteroatoms. The van der Waals surface area contributed by atoms with Crippen LogP contribution in [0.3, 0.4) is 0 Å². The minimum atomic E-state index is -3.78. The van der Waals surface area contributed by atoms with Gasteiger partial charge in [0.05, 0.1) is 10.5 Å². The van der Waals surface area contributed by atoms with Gasteiger partial charge in [-0.2, -0.15) is 0 Å². The number of hydrogen-bond acceptors (Lipinski definition) is 5. The molecule has 0 bridgehead atoms. The Hall–Kier alpha value is -3.07. The number of benzene rings is 2. The Labute approximate surface area is 213 Å². The van der Waals surface area contributed by atoms with E-state index in [1.165, 1.54) is 0 Å². The number of anilines is 2. The lowest BCUT2D eigenvalue weighted by Gasteiger charge is -2.30. The molecular weight excluding hydrogens is 476 g/mol. The van der Waals surface area contributed by atoms with Gasteiger partial charge in [-0.1, -0.05) is 18.2 Å². The van der Waals surface area contributed by atoms with E-state index in [0.717, 1.165) is 57.3 Å². The molecule has 0 aromatic heterocycles. The molecule has 0 radical (unpaired) electrons. The molecule has 2 aromatic carbocycles. The van der Waals surface area contributed by atoms with Crippen molar-refractivity contribution in [2.24, 2.45) is 5.92 Å². The number of nitrogens with one attached hydrogen (secondary N) is 1. The topological polar surface area (TPSA) is 90.0 Å². The van der Waals surface area contributed by atoms with Gasteiger partial charge in [-0.05, 0) is 68.9 Å². The molecule has 2 aliphatic heterocycles. The molecule has 0 atom stereocenters. The largest absolute Gasteiger partial charge is 0.369 e. The van der Waals surface area contributed by atoms with Gasteiger partial charge in [-0.25, -0.2) is 8.42 Å². The van der Waals surface area contributed by atoms with E-state index in [-0.39, 0.29) is 22.6 Å². The predicted molar refractivity (Wildman–Crippen MR) is 140 cm³/mol. The lowest BCUT2D eigenvalue weighted by molar-refractivity contribution is -0.132. The lowest BCUT2D eigenvalue weighted by Crippen LogP contribution is -2.38. The summed E-state index contributed by atoms with van der Waals surface area (Å²) in [6.45, 7) is 4.17. The molecule has 5 rings (SSSR count). The second-order valence-electron chi connectivity index (χ2n) is 9.94. The number of piperidine rings is 1. The Kier molecular flexibility index (Phi) is 7.18. The third-order valence-electron chi connectivity index (χ3n) is 7.25. The van der Waals surface area contributed by atoms with Crippen LogP contribution in [0.2, 0.25) is 0 Å². The molecule has 8 nitrogen and oxygen atoms in total. The average molecular weight is 511 g/mol. The van der Waals surface area contributed by atoms with Gasteiger partial charge < -0.3 is 14.7 Å². The molecular formula is C27H34N4O4S. The maximum atomic E-state index is 13.7. The standard InChI is InChI=1S/C27H34N4O4S/c32-26(21-10-11-21)31-17-7-16-29(18-19-31)25-13-12-22(28-36(34,35)23-8-3-1-4-9-23)20-24(25)27(33)30-14-5-2-6-15-30/h1,3-4,8-9,12-13,20-21,28H,2,5-7,10-11,14-19H2. The van der Waals surface area contributed by atoms with Crippen LogP contribution in [0, 0.1) is 5.92 Å². The molecule has 2 amide bonds. The fraction of sp³-hybridized carbons (Fsp3) is 0.481. The van der Waals surface area contributed by atoms with Crippen LogP contribution in [0.5, 0.6) is 0 Å². The molecule has 1 saturated carbocycles. The monoisotopic (exact) mass is 510 g/mol. The molecule has 192 valence electrons. The molecule has 36 heavy (non-hydrogen) atoms. The Bertz CT molecular complexity index is 1210. The summed E-state index contributed by atoms with van der Waals surface area (Å²) in [7, 11) is -3.78. The van der Waals surface area contributed by atoms with Crippen molar-refractivity contribution in [3.8, 4) is 0 Å². The van der Waals surface area contributed by atoms with Gasteiger partial charge in [0.1, 0.15) is 0 Å². The molecule has 3 aliphatic rings. The minimum absolute atomic E-state index is 0.0689. The molecule has 3 fully saturated rings. The molecule has 1 aliphatic carbocycles. The fourth-order valence-electron chi connectivity index (χ4n) is 5.09. The van der Waals surface area contributed by atoms with Gasteiger partial charge in [0, 0.05) is 56.6 Å². The van der Waals surface area contributed by atoms with Gasteiger partial charge in [0.25, 0.3) is 15.9 Å². The fourth-order valence-corrected chi connectivity index (χ4v) is 6.17. The zero-order valence-electron chi connectivity index (χ0n) is 20.6. The lowest BCUT2D eigenvalue weighted by atomic mass is 10.1. The zero-order chi connectivity index (χ0) is 25.1. The van der Waals surface area contributed by atoms with Crippen LogP contribution in [0.15, 0.2) is 53.4 Å². The highest BCUT2D eigenvalue weighted by molar-refractivity contribution is 7.92. The van der Waals surface area contributed by atoms with Crippen molar-refractivity contribution in [2.75, 3.05) is 48.9 Å². The number of rotatable bonds is 6. The first-order valence-electron chi connectivity index (χ1n) is 13.0. The first-order chi connectivity index (χ1) is 17.4. The van der Waals surface area contributed by atoms with E-state index in [9.17, 15) is 18.0 Å². The van der Waals surface area contributed by atoms with Gasteiger partial charge in [-0.3, -0.25) is 14.3 Å². The van der Waals surface area contributed by atoms with E-state index >= 15 is 0 Å². The third-order valence-corrected chi connectivity index (χ3v) is 8.65. The van der Waals surface area contributed by atoms with Gasteiger partial charge >= 0.3 is 0 Å². The second kappa shape index (κ2) is 10.5. The van der Waals surface area contributed by atoms with Crippen molar-refractivity contribution < 1.29 is 18.0 Å². The van der Waals surface area contributed by atoms with Crippen molar-refractivity contribution in [1.29, 1.82) is 0 Å². The summed E-state index contributed by atoms with van der Waals surface area (Å²) in [5.41, 5.74) is 1.67. The van der Waals surface area contributed by atoms with Gasteiger partial charge in [0.15, 0.2) is 0 Å². The number of carbonyl (C=O) groups is 2. The van der Waals surface area contributed by atoms with Crippen molar-refractivity contribution >= 4 is 33.2 Å². The molecule has 1 N–H and O–H groups in total. The van der Waals surface area contributed by atoms with Crippen LogP contribution in [0.25, 0.3) is 0 Å². The van der Waals surface area contributed by atoms with E-state index < -0.39 is 10.0 Å². The second-order valence-corrected chi connectivity index (χ2v) is 11.6. The number of likely N-dealkylation sites (tertiary alicyclic amines) is 1. The summed E-state index contributed by atoms with van der Waals surface area (Å²) >= 11 is 0. The SMILES string of the molecule is O=C(c1cc(NS(=O)(=O)c2ccccc2)ccc1N1CCCN(C(=O)C2CC2)CC1)N1CCCCC1. The maximum absolute atomic E-state index is 13.7. The number of hydrogen-bond donors (Lipinski definition) is 1. The molecule has 2 aromatic rings. The van der Waals surface area contributed by atoms with Crippen molar-refractivity contribution in [1.82, 2.24) is 9.80 Å². The van der Waals surface area contributed by atoms with Crippen molar-refractivity contribution in [2.45, 2.75) is 43.4 Å². The summed E-state index contributed by atoms with van der Waals surface area (Å²) in [5.74, 6) is 0.387. The molecule has 0 unspecified atom stereocenters. The number of amides is 2. The van der Waals surface area contributed by atoms with E-state index in [2.05, 4.69) is 9.62 Å². The Morgan fingerprint density at radius 2 is 1.50 bits per heavy atom. The first kappa shape index (κ1) is 24.6. The Morgan fingerprint density at radius 3 is 2.22 bits per heavy atom. The normalized spacial score (nSPS) is 19.1. The van der Waals surface area contributed by atoms with Crippen LogP contribution in [0.4, 0.5) is 11.4 Å². The third kappa shape index (κ3) is 5.51. The summed E-state index contributed by atoms with van der Waals surface area (Å²) in [6.07, 6.45) is 5.89. The highest BCUT2D eigenvalue weighted by Gasteiger charge is 2.34. The van der Waals surface area contributed by atoms with Crippen LogP contribution in [-0.4, -0.2) is 69.3 Å². The van der Waals surface area contributed by atoms with Crippen LogP contribution >= 0.6 is 0 Å². The average Bonchev–Trinajstić information content (AvgIpc) is 3.76. The van der Waals surface area contributed by atoms with Crippen LogP contribution in [0.1, 0.15) is 48.9 Å². The van der Waals surface area contributed by atoms with Crippen LogP contribution < -0.4 is 9.62 Å². The summed E-state index contributed by atoms with van der Waals surface area (Å²) in [4.78, 5) is 32.5. The maximum Gasteiger partial charge on any atom is 0.261 e. The summed E-state index contributed by atoms with van der Waals surface area (Å²) in [5, 5.41) is 0. The summed E-state index contributed by atoms with van der Waals surface area (Å²) in [6, 6.07) is 13.5. The van der Waals surface area contributed by atoms with E-state index in [1.54, 1.807) is 42.5 Å². The van der Waals surface area contributed by atoms with Gasteiger partial charge in [-0.15, -0.1) is 0 Å². The quantitative estimate of drug-likeness (QED) is 0.642. The van der Waals surface area contributed by atoms with E-state index in [4.69, 9.17) is 0 Å². The Balaban J connectivity index is 1.42. The van der Waals surface area contributed by atoms with E-state index in [0.29, 0.717) is 37.4 Å². The number of sulfonamides is 1. The minimum Gasteiger partial charge on any atom is -0.369 e. The highest BCUT2D eigenvalue weighted by Crippen LogP contribution is 2.32. The van der Waals surface area contributed by atoms with Crippen molar-refractivity contribution in [3.63, 3.8) is 0 Å². The number of carbonyl (C=O) groups excluding carboxylic acids is 2. The summed E-state index contributed by atoms with van der Waals surface area (Å²) < 4.78 is 28.5. The molecule has 2 heterocycles. The van der Waals surface area contributed by atoms with Gasteiger partial charge in [0.2, 0.25) is 5.91 Å².